The van der Waals surface area contributed by atoms with Crippen LogP contribution in [0.15, 0.2) is 48.5 Å². The van der Waals surface area contributed by atoms with Gasteiger partial charge in [-0.15, -0.1) is 11.8 Å². The SMILES string of the molecule is Cc1ccccc1C1SCC(=O)N1CCN(C(=O)c1cccc(F)c1)C(C)C. The normalized spacial score (nSPS) is 16.7. The summed E-state index contributed by atoms with van der Waals surface area (Å²) in [7, 11) is 0. The first-order chi connectivity index (χ1) is 13.4. The number of benzene rings is 2. The highest BCUT2D eigenvalue weighted by Gasteiger charge is 2.34. The van der Waals surface area contributed by atoms with Crippen molar-refractivity contribution in [1.29, 1.82) is 0 Å². The first kappa shape index (κ1) is 20.4. The smallest absolute Gasteiger partial charge is 0.254 e. The molecular formula is C22H25FN2O2S. The van der Waals surface area contributed by atoms with Crippen molar-refractivity contribution < 1.29 is 14.0 Å². The Balaban J connectivity index is 1.76. The second-order valence-corrected chi connectivity index (χ2v) is 8.28. The Bertz CT molecular complexity index is 871. The van der Waals surface area contributed by atoms with Gasteiger partial charge in [-0.3, -0.25) is 9.59 Å². The van der Waals surface area contributed by atoms with Gasteiger partial charge in [-0.1, -0.05) is 30.3 Å². The van der Waals surface area contributed by atoms with Crippen molar-refractivity contribution in [2.45, 2.75) is 32.2 Å². The van der Waals surface area contributed by atoms with Crippen LogP contribution in [0, 0.1) is 12.7 Å². The van der Waals surface area contributed by atoms with Gasteiger partial charge in [0.25, 0.3) is 5.91 Å². The zero-order valence-corrected chi connectivity index (χ0v) is 17.2. The van der Waals surface area contributed by atoms with E-state index >= 15 is 0 Å². The molecule has 1 aliphatic rings. The van der Waals surface area contributed by atoms with Gasteiger partial charge in [-0.2, -0.15) is 0 Å². The Hall–Kier alpha value is -2.34. The summed E-state index contributed by atoms with van der Waals surface area (Å²) in [4.78, 5) is 28.9. The van der Waals surface area contributed by atoms with Crippen LogP contribution in [0.25, 0.3) is 0 Å². The highest BCUT2D eigenvalue weighted by Crippen LogP contribution is 2.39. The molecule has 148 valence electrons. The maximum absolute atomic E-state index is 13.5. The molecule has 1 saturated heterocycles. The minimum atomic E-state index is -0.430. The summed E-state index contributed by atoms with van der Waals surface area (Å²) in [5, 5.41) is -0.0352. The van der Waals surface area contributed by atoms with Crippen LogP contribution in [-0.4, -0.2) is 46.5 Å². The molecule has 4 nitrogen and oxygen atoms in total. The van der Waals surface area contributed by atoms with E-state index in [0.29, 0.717) is 24.4 Å². The maximum atomic E-state index is 13.5. The van der Waals surface area contributed by atoms with Gasteiger partial charge in [-0.05, 0) is 50.1 Å². The Morgan fingerprint density at radius 2 is 2.00 bits per heavy atom. The first-order valence-electron chi connectivity index (χ1n) is 9.41. The second-order valence-electron chi connectivity index (χ2n) is 7.21. The number of aryl methyl sites for hydroxylation is 1. The molecule has 0 bridgehead atoms. The summed E-state index contributed by atoms with van der Waals surface area (Å²) < 4.78 is 13.5. The third-order valence-electron chi connectivity index (χ3n) is 4.96. The first-order valence-corrected chi connectivity index (χ1v) is 10.5. The van der Waals surface area contributed by atoms with Crippen LogP contribution in [0.5, 0.6) is 0 Å². The quantitative estimate of drug-likeness (QED) is 0.728. The molecule has 6 heteroatoms. The van der Waals surface area contributed by atoms with Crippen molar-refractivity contribution in [3.8, 4) is 0 Å². The van der Waals surface area contributed by atoms with E-state index in [4.69, 9.17) is 0 Å². The number of rotatable bonds is 6. The molecule has 0 saturated carbocycles. The fraction of sp³-hybridized carbons (Fsp3) is 0.364. The zero-order valence-electron chi connectivity index (χ0n) is 16.4. The van der Waals surface area contributed by atoms with E-state index in [2.05, 4.69) is 6.07 Å². The van der Waals surface area contributed by atoms with E-state index in [1.807, 2.05) is 43.9 Å². The lowest BCUT2D eigenvalue weighted by Crippen LogP contribution is -2.43. The number of nitrogens with zero attached hydrogens (tertiary/aromatic N) is 2. The number of amides is 2. The zero-order chi connectivity index (χ0) is 20.3. The lowest BCUT2D eigenvalue weighted by molar-refractivity contribution is -0.128. The standard InChI is InChI=1S/C22H25FN2O2S/c1-15(2)24(21(27)17-8-6-9-18(23)13-17)11-12-25-20(26)14-28-22(25)19-10-5-4-7-16(19)3/h4-10,13,15,22H,11-12,14H2,1-3H3. The van der Waals surface area contributed by atoms with Crippen molar-refractivity contribution in [2.24, 2.45) is 0 Å². The Labute approximate surface area is 169 Å². The molecule has 1 heterocycles. The summed E-state index contributed by atoms with van der Waals surface area (Å²) in [5.41, 5.74) is 2.61. The second kappa shape index (κ2) is 8.78. The Morgan fingerprint density at radius 3 is 2.68 bits per heavy atom. The third kappa shape index (κ3) is 4.38. The number of thioether (sulfide) groups is 1. The fourth-order valence-electron chi connectivity index (χ4n) is 3.41. The van der Waals surface area contributed by atoms with E-state index in [1.165, 1.54) is 18.2 Å². The number of carbonyl (C=O) groups excluding carboxylic acids is 2. The monoisotopic (exact) mass is 400 g/mol. The average Bonchev–Trinajstić information content (AvgIpc) is 3.02. The molecule has 0 aromatic heterocycles. The predicted molar refractivity (Wildman–Crippen MR) is 111 cm³/mol. The molecule has 0 aliphatic carbocycles. The molecule has 1 atom stereocenters. The van der Waals surface area contributed by atoms with Crippen LogP contribution in [0.4, 0.5) is 4.39 Å². The van der Waals surface area contributed by atoms with Gasteiger partial charge in [0, 0.05) is 24.7 Å². The number of hydrogen-bond acceptors (Lipinski definition) is 3. The molecular weight excluding hydrogens is 375 g/mol. The minimum Gasteiger partial charge on any atom is -0.334 e. The summed E-state index contributed by atoms with van der Waals surface area (Å²) in [6, 6.07) is 13.7. The lowest BCUT2D eigenvalue weighted by atomic mass is 10.1. The molecule has 3 rings (SSSR count). The van der Waals surface area contributed by atoms with Crippen LogP contribution in [-0.2, 0) is 4.79 Å². The van der Waals surface area contributed by atoms with Crippen LogP contribution in [0.2, 0.25) is 0 Å². The molecule has 1 fully saturated rings. The predicted octanol–water partition coefficient (Wildman–Crippen LogP) is 4.26. The van der Waals surface area contributed by atoms with Gasteiger partial charge in [0.1, 0.15) is 11.2 Å². The maximum Gasteiger partial charge on any atom is 0.254 e. The third-order valence-corrected chi connectivity index (χ3v) is 6.20. The van der Waals surface area contributed by atoms with Crippen LogP contribution < -0.4 is 0 Å². The van der Waals surface area contributed by atoms with Crippen molar-refractivity contribution in [1.82, 2.24) is 9.80 Å². The van der Waals surface area contributed by atoms with E-state index in [0.717, 1.165) is 11.1 Å². The van der Waals surface area contributed by atoms with Gasteiger partial charge in [-0.25, -0.2) is 4.39 Å². The van der Waals surface area contributed by atoms with Gasteiger partial charge in [0.05, 0.1) is 5.75 Å². The summed E-state index contributed by atoms with van der Waals surface area (Å²) in [6.07, 6.45) is 0. The highest BCUT2D eigenvalue weighted by atomic mass is 32.2. The van der Waals surface area contributed by atoms with E-state index in [-0.39, 0.29) is 23.2 Å². The largest absolute Gasteiger partial charge is 0.334 e. The summed E-state index contributed by atoms with van der Waals surface area (Å²) in [6.45, 7) is 6.75. The van der Waals surface area contributed by atoms with Crippen molar-refractivity contribution >= 4 is 23.6 Å². The van der Waals surface area contributed by atoms with Gasteiger partial charge in [0.2, 0.25) is 5.91 Å². The number of halogens is 1. The molecule has 2 aromatic rings. The Morgan fingerprint density at radius 1 is 1.25 bits per heavy atom. The number of hydrogen-bond donors (Lipinski definition) is 0. The van der Waals surface area contributed by atoms with Gasteiger partial charge >= 0.3 is 0 Å². The molecule has 28 heavy (non-hydrogen) atoms. The molecule has 2 aromatic carbocycles. The highest BCUT2D eigenvalue weighted by molar-refractivity contribution is 8.00. The van der Waals surface area contributed by atoms with Gasteiger partial charge < -0.3 is 9.80 Å². The molecule has 0 N–H and O–H groups in total. The van der Waals surface area contributed by atoms with E-state index < -0.39 is 5.82 Å². The summed E-state index contributed by atoms with van der Waals surface area (Å²) >= 11 is 1.62. The van der Waals surface area contributed by atoms with Crippen LogP contribution >= 0.6 is 11.8 Å². The molecule has 1 unspecified atom stereocenters. The van der Waals surface area contributed by atoms with Gasteiger partial charge in [0.15, 0.2) is 0 Å². The minimum absolute atomic E-state index is 0.0352. The van der Waals surface area contributed by atoms with Crippen molar-refractivity contribution in [3.63, 3.8) is 0 Å². The van der Waals surface area contributed by atoms with Crippen molar-refractivity contribution in [2.75, 3.05) is 18.8 Å². The topological polar surface area (TPSA) is 40.6 Å². The van der Waals surface area contributed by atoms with Crippen LogP contribution in [0.1, 0.15) is 40.7 Å². The van der Waals surface area contributed by atoms with E-state index in [1.54, 1.807) is 22.7 Å². The fourth-order valence-corrected chi connectivity index (χ4v) is 4.73. The Kier molecular flexibility index (Phi) is 6.39. The summed E-state index contributed by atoms with van der Waals surface area (Å²) in [5.74, 6) is -0.125. The van der Waals surface area contributed by atoms with Crippen LogP contribution in [0.3, 0.4) is 0 Å². The number of carbonyl (C=O) groups is 2. The van der Waals surface area contributed by atoms with E-state index in [9.17, 15) is 14.0 Å². The van der Waals surface area contributed by atoms with Crippen molar-refractivity contribution in [3.05, 3.63) is 71.0 Å². The molecule has 2 amide bonds. The molecule has 1 aliphatic heterocycles. The molecule has 0 radical (unpaired) electrons. The molecule has 0 spiro atoms. The average molecular weight is 401 g/mol. The lowest BCUT2D eigenvalue weighted by Gasteiger charge is -2.31.